The first-order valence-corrected chi connectivity index (χ1v) is 6.36. The second-order valence-electron chi connectivity index (χ2n) is 3.69. The number of hydrogen-bond acceptors (Lipinski definition) is 5. The third kappa shape index (κ3) is 3.31. The van der Waals surface area contributed by atoms with Gasteiger partial charge >= 0.3 is 5.97 Å². The highest BCUT2D eigenvalue weighted by Crippen LogP contribution is 2.24. The lowest BCUT2D eigenvalue weighted by atomic mass is 10.2. The summed E-state index contributed by atoms with van der Waals surface area (Å²) >= 11 is 3.26. The van der Waals surface area contributed by atoms with E-state index in [2.05, 4.69) is 26.1 Å². The van der Waals surface area contributed by atoms with Crippen molar-refractivity contribution in [1.29, 1.82) is 0 Å². The maximum Gasteiger partial charge on any atom is 0.339 e. The van der Waals surface area contributed by atoms with Gasteiger partial charge in [0.15, 0.2) is 6.61 Å². The number of ether oxygens (including phenoxy) is 1. The third-order valence-corrected chi connectivity index (χ3v) is 2.84. The molecule has 1 aromatic carbocycles. The van der Waals surface area contributed by atoms with Gasteiger partial charge in [-0.05, 0) is 18.2 Å². The number of hydrogen-bond donors (Lipinski definition) is 1. The van der Waals surface area contributed by atoms with Crippen LogP contribution in [0.5, 0.6) is 5.75 Å². The van der Waals surface area contributed by atoms with Gasteiger partial charge in [-0.1, -0.05) is 28.0 Å². The molecule has 1 aromatic heterocycles. The highest BCUT2D eigenvalue weighted by atomic mass is 79.9. The normalized spacial score (nSPS) is 10.4. The van der Waals surface area contributed by atoms with E-state index in [1.807, 2.05) is 6.92 Å². The van der Waals surface area contributed by atoms with E-state index in [0.29, 0.717) is 18.1 Å². The van der Waals surface area contributed by atoms with Crippen molar-refractivity contribution >= 4 is 21.9 Å². The molecule has 0 unspecified atom stereocenters. The molecule has 0 saturated carbocycles. The molecule has 7 heteroatoms. The average Bonchev–Trinajstić information content (AvgIpc) is 2.84. The molecule has 0 bridgehead atoms. The molecular weight excluding hydrogens is 316 g/mol. The predicted molar refractivity (Wildman–Crippen MR) is 69.1 cm³/mol. The molecule has 0 spiro atoms. The number of halogens is 1. The van der Waals surface area contributed by atoms with Crippen LogP contribution in [0.2, 0.25) is 0 Å². The van der Waals surface area contributed by atoms with E-state index in [1.165, 1.54) is 6.07 Å². The molecule has 100 valence electrons. The molecule has 0 fully saturated rings. The summed E-state index contributed by atoms with van der Waals surface area (Å²) in [5.41, 5.74) is 0.0856. The molecule has 0 aliphatic carbocycles. The first kappa shape index (κ1) is 13.5. The largest absolute Gasteiger partial charge is 0.485 e. The second kappa shape index (κ2) is 5.83. The van der Waals surface area contributed by atoms with Crippen molar-refractivity contribution < 1.29 is 19.2 Å². The van der Waals surface area contributed by atoms with E-state index in [4.69, 9.17) is 14.4 Å². The zero-order valence-electron chi connectivity index (χ0n) is 10.1. The third-order valence-electron chi connectivity index (χ3n) is 2.34. The van der Waals surface area contributed by atoms with E-state index >= 15 is 0 Å². The van der Waals surface area contributed by atoms with Gasteiger partial charge in [0.25, 0.3) is 0 Å². The standard InChI is InChI=1S/C12H11BrN2O4/c1-2-11-14-10(15-19-11)6-18-9-5-7(13)3-4-8(9)12(16)17/h3-5H,2,6H2,1H3,(H,16,17). The van der Waals surface area contributed by atoms with Crippen LogP contribution in [0.1, 0.15) is 29.0 Å². The topological polar surface area (TPSA) is 85.5 Å². The minimum Gasteiger partial charge on any atom is -0.485 e. The van der Waals surface area contributed by atoms with Crippen LogP contribution in [0, 0.1) is 0 Å². The quantitative estimate of drug-likeness (QED) is 0.909. The van der Waals surface area contributed by atoms with Gasteiger partial charge in [-0.3, -0.25) is 0 Å². The first-order chi connectivity index (χ1) is 9.10. The van der Waals surface area contributed by atoms with Crippen molar-refractivity contribution in [3.05, 3.63) is 40.0 Å². The summed E-state index contributed by atoms with van der Waals surface area (Å²) < 4.78 is 11.1. The Bertz CT molecular complexity index is 597. The molecular formula is C12H11BrN2O4. The minimum atomic E-state index is -1.05. The van der Waals surface area contributed by atoms with Gasteiger partial charge in [0, 0.05) is 10.9 Å². The molecule has 1 N–H and O–H groups in total. The molecule has 0 aliphatic rings. The molecule has 2 rings (SSSR count). The number of benzene rings is 1. The van der Waals surface area contributed by atoms with Crippen LogP contribution in [0.4, 0.5) is 0 Å². The molecule has 1 heterocycles. The summed E-state index contributed by atoms with van der Waals surface area (Å²) in [6.07, 6.45) is 0.643. The van der Waals surface area contributed by atoms with Gasteiger partial charge in [0.05, 0.1) is 0 Å². The van der Waals surface area contributed by atoms with Crippen LogP contribution in [0.25, 0.3) is 0 Å². The van der Waals surface area contributed by atoms with Crippen molar-refractivity contribution in [2.24, 2.45) is 0 Å². The molecule has 0 radical (unpaired) electrons. The van der Waals surface area contributed by atoms with Crippen LogP contribution in [0.3, 0.4) is 0 Å². The molecule has 6 nitrogen and oxygen atoms in total. The van der Waals surface area contributed by atoms with Crippen molar-refractivity contribution in [3.8, 4) is 5.75 Å². The van der Waals surface area contributed by atoms with Crippen LogP contribution >= 0.6 is 15.9 Å². The summed E-state index contributed by atoms with van der Waals surface area (Å²) in [6, 6.07) is 4.69. The Hall–Kier alpha value is -1.89. The summed E-state index contributed by atoms with van der Waals surface area (Å²) in [5, 5.41) is 12.8. The zero-order chi connectivity index (χ0) is 13.8. The second-order valence-corrected chi connectivity index (χ2v) is 4.61. The van der Waals surface area contributed by atoms with Gasteiger partial charge < -0.3 is 14.4 Å². The Labute approximate surface area is 117 Å². The maximum absolute atomic E-state index is 11.0. The van der Waals surface area contributed by atoms with Crippen molar-refractivity contribution in [3.63, 3.8) is 0 Å². The summed E-state index contributed by atoms with van der Waals surface area (Å²) in [7, 11) is 0. The maximum atomic E-state index is 11.0. The monoisotopic (exact) mass is 326 g/mol. The molecule has 0 aliphatic heterocycles. The van der Waals surface area contributed by atoms with E-state index in [9.17, 15) is 4.79 Å². The van der Waals surface area contributed by atoms with E-state index in [0.717, 1.165) is 4.47 Å². The fraction of sp³-hybridized carbons (Fsp3) is 0.250. The average molecular weight is 327 g/mol. The summed E-state index contributed by atoms with van der Waals surface area (Å²) in [6.45, 7) is 1.95. The lowest BCUT2D eigenvalue weighted by Crippen LogP contribution is -2.04. The minimum absolute atomic E-state index is 0.0558. The van der Waals surface area contributed by atoms with Gasteiger partial charge in [0.2, 0.25) is 11.7 Å². The zero-order valence-corrected chi connectivity index (χ0v) is 11.7. The highest BCUT2D eigenvalue weighted by Gasteiger charge is 2.13. The molecule has 2 aromatic rings. The number of nitrogens with zero attached hydrogens (tertiary/aromatic N) is 2. The number of aromatic carboxylic acids is 1. The summed E-state index contributed by atoms with van der Waals surface area (Å²) in [5.74, 6) is 0.106. The molecule has 19 heavy (non-hydrogen) atoms. The van der Waals surface area contributed by atoms with Gasteiger partial charge in [-0.25, -0.2) is 4.79 Å². The number of carboxylic acids is 1. The molecule has 0 atom stereocenters. The lowest BCUT2D eigenvalue weighted by molar-refractivity contribution is 0.0691. The van der Waals surface area contributed by atoms with Crippen molar-refractivity contribution in [2.45, 2.75) is 20.0 Å². The smallest absolute Gasteiger partial charge is 0.339 e. The predicted octanol–water partition coefficient (Wildman–Crippen LogP) is 2.67. The van der Waals surface area contributed by atoms with Gasteiger partial charge in [-0.2, -0.15) is 4.98 Å². The number of aromatic nitrogens is 2. The Balaban J connectivity index is 2.14. The van der Waals surface area contributed by atoms with Gasteiger partial charge in [-0.15, -0.1) is 0 Å². The molecule has 0 amide bonds. The Morgan fingerprint density at radius 2 is 2.32 bits per heavy atom. The number of rotatable bonds is 5. The van der Waals surface area contributed by atoms with Crippen molar-refractivity contribution in [1.82, 2.24) is 10.1 Å². The first-order valence-electron chi connectivity index (χ1n) is 5.57. The Morgan fingerprint density at radius 1 is 1.53 bits per heavy atom. The SMILES string of the molecule is CCc1nc(COc2cc(Br)ccc2C(=O)O)no1. The van der Waals surface area contributed by atoms with Crippen LogP contribution < -0.4 is 4.74 Å². The number of aryl methyl sites for hydroxylation is 1. The Morgan fingerprint density at radius 3 is 2.95 bits per heavy atom. The number of carbonyl (C=O) groups is 1. The molecule has 0 saturated heterocycles. The fourth-order valence-corrected chi connectivity index (χ4v) is 1.77. The number of carboxylic acid groups (broad SMARTS) is 1. The fourth-order valence-electron chi connectivity index (χ4n) is 1.43. The van der Waals surface area contributed by atoms with E-state index < -0.39 is 5.97 Å². The van der Waals surface area contributed by atoms with Gasteiger partial charge in [0.1, 0.15) is 11.3 Å². The summed E-state index contributed by atoms with van der Waals surface area (Å²) in [4.78, 5) is 15.1. The van der Waals surface area contributed by atoms with Crippen LogP contribution in [-0.4, -0.2) is 21.2 Å². The van der Waals surface area contributed by atoms with Crippen LogP contribution in [-0.2, 0) is 13.0 Å². The Kier molecular flexibility index (Phi) is 4.16. The highest BCUT2D eigenvalue weighted by molar-refractivity contribution is 9.10. The lowest BCUT2D eigenvalue weighted by Gasteiger charge is -2.07. The van der Waals surface area contributed by atoms with Crippen molar-refractivity contribution in [2.75, 3.05) is 0 Å². The van der Waals surface area contributed by atoms with E-state index in [1.54, 1.807) is 12.1 Å². The van der Waals surface area contributed by atoms with Crippen LogP contribution in [0.15, 0.2) is 27.2 Å². The van der Waals surface area contributed by atoms with E-state index in [-0.39, 0.29) is 17.9 Å².